The number of nitrogens with zero attached hydrogens (tertiary/aromatic N) is 5. The lowest BCUT2D eigenvalue weighted by Gasteiger charge is -2.40. The van der Waals surface area contributed by atoms with Crippen LogP contribution in [0, 0.1) is 11.6 Å². The Hall–Kier alpha value is -3.62. The molecule has 146 valence electrons. The van der Waals surface area contributed by atoms with Crippen LogP contribution in [0.2, 0.25) is 0 Å². The van der Waals surface area contributed by atoms with Gasteiger partial charge in [0.25, 0.3) is 5.56 Å². The quantitative estimate of drug-likeness (QED) is 0.566. The van der Waals surface area contributed by atoms with Gasteiger partial charge in [-0.05, 0) is 29.8 Å². The van der Waals surface area contributed by atoms with Gasteiger partial charge in [0.1, 0.15) is 23.8 Å². The van der Waals surface area contributed by atoms with Crippen molar-refractivity contribution in [2.45, 2.75) is 12.0 Å². The number of halogens is 2. The normalized spacial score (nSPS) is 18.4. The van der Waals surface area contributed by atoms with Gasteiger partial charge < -0.3 is 4.90 Å². The number of H-pyrrole nitrogens is 1. The second-order valence-corrected chi connectivity index (χ2v) is 7.11. The summed E-state index contributed by atoms with van der Waals surface area (Å²) in [5, 5.41) is 11.8. The van der Waals surface area contributed by atoms with Crippen molar-refractivity contribution in [1.29, 1.82) is 0 Å². The van der Waals surface area contributed by atoms with E-state index in [0.717, 1.165) is 5.56 Å². The lowest BCUT2D eigenvalue weighted by atomic mass is 9.82. The zero-order chi connectivity index (χ0) is 20.3. The Morgan fingerprint density at radius 3 is 2.52 bits per heavy atom. The molecule has 2 aromatic heterocycles. The zero-order valence-electron chi connectivity index (χ0n) is 15.6. The van der Waals surface area contributed by atoms with Crippen LogP contribution in [0.3, 0.4) is 0 Å². The van der Waals surface area contributed by atoms with Crippen molar-refractivity contribution in [3.05, 3.63) is 81.8 Å². The Kier molecular flexibility index (Phi) is 3.73. The fourth-order valence-corrected chi connectivity index (χ4v) is 4.22. The molecular formula is C20H16F2N6O. The van der Waals surface area contributed by atoms with E-state index in [1.807, 2.05) is 11.9 Å². The third-order valence-electron chi connectivity index (χ3n) is 5.50. The summed E-state index contributed by atoms with van der Waals surface area (Å²) in [4.78, 5) is 18.6. The first kappa shape index (κ1) is 17.5. The third kappa shape index (κ3) is 2.54. The van der Waals surface area contributed by atoms with Gasteiger partial charge in [0.2, 0.25) is 0 Å². The summed E-state index contributed by atoms with van der Waals surface area (Å²) in [7, 11) is 3.59. The number of hydrogen-bond acceptors (Lipinski definition) is 5. The Balaban J connectivity index is 1.87. The maximum Gasteiger partial charge on any atom is 0.272 e. The van der Waals surface area contributed by atoms with Crippen molar-refractivity contribution in [3.63, 3.8) is 0 Å². The largest absolute Gasteiger partial charge is 0.366 e. The number of aromatic nitrogens is 5. The van der Waals surface area contributed by atoms with Crippen LogP contribution in [0.5, 0.6) is 0 Å². The van der Waals surface area contributed by atoms with Crippen molar-refractivity contribution in [2.75, 3.05) is 11.9 Å². The molecule has 2 aromatic carbocycles. The van der Waals surface area contributed by atoms with Crippen molar-refractivity contribution in [3.8, 4) is 0 Å². The molecule has 9 heteroatoms. The minimum Gasteiger partial charge on any atom is -0.366 e. The lowest BCUT2D eigenvalue weighted by molar-refractivity contribution is 0.517. The molecule has 0 amide bonds. The van der Waals surface area contributed by atoms with E-state index < -0.39 is 17.3 Å². The van der Waals surface area contributed by atoms with Crippen LogP contribution < -0.4 is 10.5 Å². The molecule has 7 nitrogen and oxygen atoms in total. The molecule has 0 unspecified atom stereocenters. The molecule has 1 aliphatic heterocycles. The van der Waals surface area contributed by atoms with Crippen LogP contribution in [0.4, 0.5) is 14.5 Å². The van der Waals surface area contributed by atoms with Gasteiger partial charge in [-0.3, -0.25) is 9.48 Å². The minimum atomic E-state index is -0.517. The Morgan fingerprint density at radius 1 is 1.07 bits per heavy atom. The highest BCUT2D eigenvalue weighted by molar-refractivity contribution is 5.97. The van der Waals surface area contributed by atoms with E-state index in [2.05, 4.69) is 20.3 Å². The molecular weight excluding hydrogens is 378 g/mol. The Morgan fingerprint density at radius 2 is 1.83 bits per heavy atom. The van der Waals surface area contributed by atoms with E-state index >= 15 is 0 Å². The standard InChI is InChI=1S/C20H16F2N6O/c1-27-14-8-12(22)7-13-15(14)17(25-26-20(13)29)16(19-23-9-24-28(19)2)18(27)10-3-5-11(21)6-4-10/h3-9,16,18H,1-2H3,(H,26,29)/t16-,18+/m0/s1. The number of anilines is 1. The molecule has 4 aromatic rings. The summed E-state index contributed by atoms with van der Waals surface area (Å²) in [6, 6.07) is 8.37. The number of rotatable bonds is 2. The highest BCUT2D eigenvalue weighted by atomic mass is 19.1. The highest BCUT2D eigenvalue weighted by Gasteiger charge is 2.40. The molecule has 1 aliphatic rings. The number of nitrogens with one attached hydrogen (secondary N) is 1. The lowest BCUT2D eigenvalue weighted by Crippen LogP contribution is -2.36. The fraction of sp³-hybridized carbons (Fsp3) is 0.200. The van der Waals surface area contributed by atoms with Gasteiger partial charge in [0.15, 0.2) is 0 Å². The smallest absolute Gasteiger partial charge is 0.272 e. The molecule has 0 saturated heterocycles. The van der Waals surface area contributed by atoms with Crippen LogP contribution in [-0.4, -0.2) is 32.0 Å². The monoisotopic (exact) mass is 394 g/mol. The Bertz CT molecular complexity index is 1300. The SMILES string of the molecule is CN1c2cc(F)cc3c(=O)[nH]nc(c23)[C@H](c2ncnn2C)[C@H]1c1ccc(F)cc1. The first-order chi connectivity index (χ1) is 14.0. The van der Waals surface area contributed by atoms with Crippen LogP contribution in [-0.2, 0) is 7.05 Å². The Labute approximate surface area is 163 Å². The van der Waals surface area contributed by atoms with E-state index in [1.54, 1.807) is 23.9 Å². The maximum atomic E-state index is 14.3. The second-order valence-electron chi connectivity index (χ2n) is 7.11. The van der Waals surface area contributed by atoms with E-state index in [1.165, 1.54) is 30.6 Å². The van der Waals surface area contributed by atoms with E-state index in [9.17, 15) is 13.6 Å². The molecule has 1 N–H and O–H groups in total. The number of benzene rings is 2. The van der Waals surface area contributed by atoms with Gasteiger partial charge >= 0.3 is 0 Å². The molecule has 0 radical (unpaired) electrons. The highest BCUT2D eigenvalue weighted by Crippen LogP contribution is 2.48. The topological polar surface area (TPSA) is 79.7 Å². The fourth-order valence-electron chi connectivity index (χ4n) is 4.22. The van der Waals surface area contributed by atoms with Gasteiger partial charge in [-0.1, -0.05) is 12.1 Å². The summed E-state index contributed by atoms with van der Waals surface area (Å²) in [6.07, 6.45) is 1.44. The maximum absolute atomic E-state index is 14.3. The van der Waals surface area contributed by atoms with E-state index in [4.69, 9.17) is 0 Å². The van der Waals surface area contributed by atoms with Crippen LogP contribution in [0.1, 0.15) is 29.0 Å². The predicted molar refractivity (Wildman–Crippen MR) is 103 cm³/mol. The first-order valence-electron chi connectivity index (χ1n) is 8.99. The number of aromatic amines is 1. The predicted octanol–water partition coefficient (Wildman–Crippen LogP) is 2.65. The average Bonchev–Trinajstić information content (AvgIpc) is 3.12. The molecule has 3 heterocycles. The van der Waals surface area contributed by atoms with E-state index in [-0.39, 0.29) is 17.2 Å². The summed E-state index contributed by atoms with van der Waals surface area (Å²) in [5.74, 6) is -0.660. The summed E-state index contributed by atoms with van der Waals surface area (Å²) >= 11 is 0. The molecule has 0 spiro atoms. The van der Waals surface area contributed by atoms with Gasteiger partial charge in [-0.15, -0.1) is 0 Å². The molecule has 0 aliphatic carbocycles. The zero-order valence-corrected chi connectivity index (χ0v) is 15.6. The third-order valence-corrected chi connectivity index (χ3v) is 5.50. The first-order valence-corrected chi connectivity index (χ1v) is 8.99. The second kappa shape index (κ2) is 6.20. The van der Waals surface area contributed by atoms with E-state index in [0.29, 0.717) is 22.6 Å². The van der Waals surface area contributed by atoms with Crippen LogP contribution >= 0.6 is 0 Å². The molecule has 0 saturated carbocycles. The van der Waals surface area contributed by atoms with Crippen molar-refractivity contribution >= 4 is 16.5 Å². The molecule has 2 atom stereocenters. The van der Waals surface area contributed by atoms with Gasteiger partial charge in [0.05, 0.1) is 23.0 Å². The van der Waals surface area contributed by atoms with Crippen LogP contribution in [0.25, 0.3) is 10.8 Å². The van der Waals surface area contributed by atoms with Crippen LogP contribution in [0.15, 0.2) is 47.5 Å². The molecule has 0 bridgehead atoms. The molecule has 5 rings (SSSR count). The average molecular weight is 394 g/mol. The minimum absolute atomic E-state index is 0.224. The molecule has 0 fully saturated rings. The molecule has 29 heavy (non-hydrogen) atoms. The summed E-state index contributed by atoms with van der Waals surface area (Å²) < 4.78 is 29.5. The number of likely N-dealkylation sites (N-methyl/N-ethyl adjacent to an activating group) is 1. The van der Waals surface area contributed by atoms with Crippen molar-refractivity contribution in [1.82, 2.24) is 25.0 Å². The van der Waals surface area contributed by atoms with Crippen molar-refractivity contribution in [2.24, 2.45) is 7.05 Å². The van der Waals surface area contributed by atoms with Gasteiger partial charge in [-0.25, -0.2) is 18.9 Å². The summed E-state index contributed by atoms with van der Waals surface area (Å²) in [5.41, 5.74) is 1.45. The number of hydrogen-bond donors (Lipinski definition) is 1. The van der Waals surface area contributed by atoms with Crippen molar-refractivity contribution < 1.29 is 8.78 Å². The van der Waals surface area contributed by atoms with Gasteiger partial charge in [-0.2, -0.15) is 10.2 Å². The summed E-state index contributed by atoms with van der Waals surface area (Å²) in [6.45, 7) is 0. The number of aryl methyl sites for hydroxylation is 1. The van der Waals surface area contributed by atoms with Gasteiger partial charge in [0, 0.05) is 25.2 Å².